The molecule has 0 rings (SSSR count). The maximum atomic E-state index is 11.5. The summed E-state index contributed by atoms with van der Waals surface area (Å²) in [6.45, 7) is 4.60. The summed E-state index contributed by atoms with van der Waals surface area (Å²) in [5.74, 6) is -0.736. The van der Waals surface area contributed by atoms with Gasteiger partial charge in [0.25, 0.3) is 0 Å². The van der Waals surface area contributed by atoms with E-state index in [0.717, 1.165) is 12.8 Å². The van der Waals surface area contributed by atoms with E-state index in [9.17, 15) is 9.59 Å². The first-order chi connectivity index (χ1) is 11.6. The van der Waals surface area contributed by atoms with Crippen LogP contribution >= 0.6 is 11.6 Å². The first-order valence-electron chi connectivity index (χ1n) is 9.51. The lowest BCUT2D eigenvalue weighted by Crippen LogP contribution is -2.14. The van der Waals surface area contributed by atoms with E-state index in [4.69, 9.17) is 21.1 Å². The summed E-state index contributed by atoms with van der Waals surface area (Å²) < 4.78 is 10.0. The largest absolute Gasteiger partial charge is 0.466 e. The zero-order chi connectivity index (χ0) is 18.0. The molecule has 24 heavy (non-hydrogen) atoms. The summed E-state index contributed by atoms with van der Waals surface area (Å²) in [5.41, 5.74) is 0. The summed E-state index contributed by atoms with van der Waals surface area (Å²) in [6.07, 6.45) is 12.6. The summed E-state index contributed by atoms with van der Waals surface area (Å²) in [4.78, 5) is 22.8. The molecule has 0 saturated heterocycles. The molecule has 0 N–H and O–H groups in total. The number of hydrogen-bond donors (Lipinski definition) is 0. The zero-order valence-electron chi connectivity index (χ0n) is 15.5. The fraction of sp³-hybridized carbons (Fsp3) is 0.895. The molecule has 0 saturated carbocycles. The average Bonchev–Trinajstić information content (AvgIpc) is 2.56. The smallest absolute Gasteiger partial charge is 0.306 e. The molecule has 0 fully saturated rings. The van der Waals surface area contributed by atoms with E-state index in [-0.39, 0.29) is 30.8 Å². The van der Waals surface area contributed by atoms with Gasteiger partial charge in [0.1, 0.15) is 6.61 Å². The van der Waals surface area contributed by atoms with Crippen molar-refractivity contribution in [1.29, 1.82) is 0 Å². The molecule has 0 aromatic rings. The molecule has 0 heterocycles. The Hall–Kier alpha value is -0.770. The van der Waals surface area contributed by atoms with Gasteiger partial charge in [0.05, 0.1) is 24.8 Å². The second-order valence-electron chi connectivity index (χ2n) is 6.37. The van der Waals surface area contributed by atoms with Gasteiger partial charge < -0.3 is 9.47 Å². The van der Waals surface area contributed by atoms with Gasteiger partial charge in [-0.2, -0.15) is 0 Å². The number of carbonyl (C=O) groups excluding carboxylic acids is 2. The van der Waals surface area contributed by atoms with Gasteiger partial charge in [0.15, 0.2) is 0 Å². The number of hydrogen-bond acceptors (Lipinski definition) is 4. The highest BCUT2D eigenvalue weighted by Crippen LogP contribution is 2.10. The molecule has 1 atom stereocenters. The number of unbranched alkanes of at least 4 members (excludes halogenated alkanes) is 9. The van der Waals surface area contributed by atoms with Crippen molar-refractivity contribution >= 4 is 23.5 Å². The fourth-order valence-electron chi connectivity index (χ4n) is 2.33. The number of alkyl halides is 1. The van der Waals surface area contributed by atoms with Crippen molar-refractivity contribution < 1.29 is 19.1 Å². The van der Waals surface area contributed by atoms with Gasteiger partial charge >= 0.3 is 11.9 Å². The lowest BCUT2D eigenvalue weighted by Gasteiger charge is -2.07. The number of halogens is 1. The Morgan fingerprint density at radius 2 is 1.25 bits per heavy atom. The van der Waals surface area contributed by atoms with Crippen molar-refractivity contribution in [3.8, 4) is 0 Å². The maximum Gasteiger partial charge on any atom is 0.306 e. The average molecular weight is 363 g/mol. The molecule has 0 aliphatic carbocycles. The van der Waals surface area contributed by atoms with Crippen molar-refractivity contribution in [3.63, 3.8) is 0 Å². The van der Waals surface area contributed by atoms with Gasteiger partial charge in [-0.05, 0) is 13.3 Å². The minimum atomic E-state index is -0.404. The minimum absolute atomic E-state index is 0.0560. The predicted octanol–water partition coefficient (Wildman–Crippen LogP) is 5.40. The molecule has 4 nitrogen and oxygen atoms in total. The maximum absolute atomic E-state index is 11.5. The highest BCUT2D eigenvalue weighted by molar-refractivity contribution is 6.20. The standard InChI is InChI=1S/C19H35ClO4/c1-3-4-5-6-7-8-9-10-11-12-15-23-18(21)13-14-19(22)24-16-17(2)20/h17H,3-16H2,1-2H3. The van der Waals surface area contributed by atoms with Gasteiger partial charge in [-0.15, -0.1) is 11.6 Å². The van der Waals surface area contributed by atoms with Gasteiger partial charge in [0, 0.05) is 0 Å². The normalized spacial score (nSPS) is 12.0. The minimum Gasteiger partial charge on any atom is -0.466 e. The van der Waals surface area contributed by atoms with E-state index in [0.29, 0.717) is 6.61 Å². The van der Waals surface area contributed by atoms with Crippen LogP contribution in [0.5, 0.6) is 0 Å². The number of carbonyl (C=O) groups is 2. The quantitative estimate of drug-likeness (QED) is 0.209. The summed E-state index contributed by atoms with van der Waals surface area (Å²) >= 11 is 5.67. The topological polar surface area (TPSA) is 52.6 Å². The van der Waals surface area contributed by atoms with E-state index >= 15 is 0 Å². The van der Waals surface area contributed by atoms with Crippen molar-refractivity contribution in [1.82, 2.24) is 0 Å². The van der Waals surface area contributed by atoms with Crippen LogP contribution in [0.25, 0.3) is 0 Å². The van der Waals surface area contributed by atoms with E-state index < -0.39 is 5.97 Å². The molecule has 0 aliphatic rings. The van der Waals surface area contributed by atoms with Crippen LogP contribution in [-0.2, 0) is 19.1 Å². The monoisotopic (exact) mass is 362 g/mol. The summed E-state index contributed by atoms with van der Waals surface area (Å²) in [5, 5.41) is -0.211. The number of esters is 2. The first-order valence-corrected chi connectivity index (χ1v) is 9.95. The van der Waals surface area contributed by atoms with E-state index in [1.807, 2.05) is 0 Å². The third-order valence-electron chi connectivity index (χ3n) is 3.77. The summed E-state index contributed by atoms with van der Waals surface area (Å²) in [7, 11) is 0. The van der Waals surface area contributed by atoms with Crippen LogP contribution in [0.1, 0.15) is 90.9 Å². The highest BCUT2D eigenvalue weighted by Gasteiger charge is 2.10. The third kappa shape index (κ3) is 17.6. The van der Waals surface area contributed by atoms with Crippen LogP contribution in [0.15, 0.2) is 0 Å². The highest BCUT2D eigenvalue weighted by atomic mass is 35.5. The Morgan fingerprint density at radius 1 is 0.792 bits per heavy atom. The molecule has 0 aromatic heterocycles. The molecular formula is C19H35ClO4. The van der Waals surface area contributed by atoms with Gasteiger partial charge in [-0.25, -0.2) is 0 Å². The van der Waals surface area contributed by atoms with Crippen LogP contribution in [0.4, 0.5) is 0 Å². The summed E-state index contributed by atoms with van der Waals surface area (Å²) in [6, 6.07) is 0. The fourth-order valence-corrected chi connectivity index (χ4v) is 2.39. The molecule has 1 unspecified atom stereocenters. The van der Waals surface area contributed by atoms with Crippen molar-refractivity contribution in [2.45, 2.75) is 96.3 Å². The Labute approximate surface area is 152 Å². The molecule has 5 heteroatoms. The van der Waals surface area contributed by atoms with Crippen LogP contribution in [0.3, 0.4) is 0 Å². The third-order valence-corrected chi connectivity index (χ3v) is 3.89. The lowest BCUT2D eigenvalue weighted by atomic mass is 10.1. The number of rotatable bonds is 16. The Morgan fingerprint density at radius 3 is 1.75 bits per heavy atom. The predicted molar refractivity (Wildman–Crippen MR) is 98.3 cm³/mol. The van der Waals surface area contributed by atoms with E-state index in [2.05, 4.69) is 6.92 Å². The molecular weight excluding hydrogens is 328 g/mol. The molecule has 0 aliphatic heterocycles. The van der Waals surface area contributed by atoms with Crippen LogP contribution in [-0.4, -0.2) is 30.5 Å². The van der Waals surface area contributed by atoms with Gasteiger partial charge in [0.2, 0.25) is 0 Å². The Balaban J connectivity index is 3.30. The van der Waals surface area contributed by atoms with Gasteiger partial charge in [-0.1, -0.05) is 64.7 Å². The first kappa shape index (κ1) is 23.2. The zero-order valence-corrected chi connectivity index (χ0v) is 16.2. The van der Waals surface area contributed by atoms with Crippen molar-refractivity contribution in [2.75, 3.05) is 13.2 Å². The Bertz CT molecular complexity index is 318. The van der Waals surface area contributed by atoms with Crippen LogP contribution in [0, 0.1) is 0 Å². The van der Waals surface area contributed by atoms with Crippen molar-refractivity contribution in [3.05, 3.63) is 0 Å². The molecule has 0 amide bonds. The van der Waals surface area contributed by atoms with E-state index in [1.54, 1.807) is 6.92 Å². The molecule has 0 spiro atoms. The Kier molecular flexibility index (Phi) is 16.5. The van der Waals surface area contributed by atoms with Crippen LogP contribution < -0.4 is 0 Å². The molecule has 142 valence electrons. The lowest BCUT2D eigenvalue weighted by molar-refractivity contribution is -0.150. The second-order valence-corrected chi connectivity index (χ2v) is 7.11. The molecule has 0 aromatic carbocycles. The molecule has 0 radical (unpaired) electrons. The number of ether oxygens (including phenoxy) is 2. The van der Waals surface area contributed by atoms with E-state index in [1.165, 1.54) is 51.4 Å². The van der Waals surface area contributed by atoms with Crippen LogP contribution in [0.2, 0.25) is 0 Å². The van der Waals surface area contributed by atoms with Gasteiger partial charge in [-0.3, -0.25) is 9.59 Å². The van der Waals surface area contributed by atoms with Crippen molar-refractivity contribution in [2.24, 2.45) is 0 Å². The molecule has 0 bridgehead atoms. The second kappa shape index (κ2) is 17.1. The SMILES string of the molecule is CCCCCCCCCCCCOC(=O)CCC(=O)OCC(C)Cl.